The molecule has 2 rings (SSSR count). The summed E-state index contributed by atoms with van der Waals surface area (Å²) in [5.74, 6) is 0.571. The van der Waals surface area contributed by atoms with Crippen molar-refractivity contribution in [1.82, 2.24) is 9.78 Å². The molecule has 1 saturated carbocycles. The molecule has 0 radical (unpaired) electrons. The molecular formula is C16H26N2O2. The Hall–Kier alpha value is -1.16. The highest BCUT2D eigenvalue weighted by Crippen LogP contribution is 2.28. The predicted octanol–water partition coefficient (Wildman–Crippen LogP) is 3.17. The fourth-order valence-corrected chi connectivity index (χ4v) is 3.06. The van der Waals surface area contributed by atoms with E-state index >= 15 is 0 Å². The zero-order chi connectivity index (χ0) is 14.5. The topological polar surface area (TPSA) is 44.1 Å². The minimum Gasteiger partial charge on any atom is -0.373 e. The molecule has 4 heteroatoms. The van der Waals surface area contributed by atoms with Crippen LogP contribution in [0, 0.1) is 5.92 Å². The van der Waals surface area contributed by atoms with Crippen LogP contribution < -0.4 is 0 Å². The first kappa shape index (κ1) is 15.2. The highest BCUT2D eigenvalue weighted by atomic mass is 16.5. The van der Waals surface area contributed by atoms with Gasteiger partial charge in [-0.3, -0.25) is 9.48 Å². The molecule has 112 valence electrons. The van der Waals surface area contributed by atoms with Crippen LogP contribution in [0.5, 0.6) is 0 Å². The Labute approximate surface area is 121 Å². The van der Waals surface area contributed by atoms with Crippen molar-refractivity contribution in [3.05, 3.63) is 18.0 Å². The number of hydrogen-bond acceptors (Lipinski definition) is 3. The van der Waals surface area contributed by atoms with Gasteiger partial charge in [-0.1, -0.05) is 19.3 Å². The van der Waals surface area contributed by atoms with Crippen LogP contribution >= 0.6 is 0 Å². The van der Waals surface area contributed by atoms with E-state index in [0.717, 1.165) is 18.5 Å². The number of ether oxygens (including phenoxy) is 1. The molecule has 1 unspecified atom stereocenters. The number of carbonyl (C=O) groups excluding carboxylic acids is 1. The number of methoxy groups -OCH3 is 1. The predicted molar refractivity (Wildman–Crippen MR) is 78.7 cm³/mol. The Morgan fingerprint density at radius 2 is 2.10 bits per heavy atom. The van der Waals surface area contributed by atoms with Crippen molar-refractivity contribution < 1.29 is 9.53 Å². The summed E-state index contributed by atoms with van der Waals surface area (Å²) in [6.45, 7) is 4.16. The zero-order valence-electron chi connectivity index (χ0n) is 12.8. The van der Waals surface area contributed by atoms with E-state index in [-0.39, 0.29) is 11.9 Å². The Morgan fingerprint density at radius 3 is 2.65 bits per heavy atom. The first-order valence-electron chi connectivity index (χ1n) is 7.71. The van der Waals surface area contributed by atoms with E-state index in [4.69, 9.17) is 4.74 Å². The van der Waals surface area contributed by atoms with E-state index in [1.54, 1.807) is 7.11 Å². The van der Waals surface area contributed by atoms with Gasteiger partial charge in [0.25, 0.3) is 0 Å². The van der Waals surface area contributed by atoms with E-state index in [2.05, 4.69) is 18.9 Å². The number of Topliss-reactive ketones (excluding diaryl/α,β-unsaturated/α-hetero) is 1. The van der Waals surface area contributed by atoms with Crippen molar-refractivity contribution in [1.29, 1.82) is 0 Å². The number of rotatable bonds is 6. The molecule has 4 nitrogen and oxygen atoms in total. The van der Waals surface area contributed by atoms with Crippen LogP contribution in [0.1, 0.15) is 57.7 Å². The summed E-state index contributed by atoms with van der Waals surface area (Å²) in [6.07, 6.45) is 8.04. The maximum Gasteiger partial charge on any atom is 0.167 e. The molecule has 0 aromatic carbocycles. The fraction of sp³-hybridized carbons (Fsp3) is 0.750. The summed E-state index contributed by atoms with van der Waals surface area (Å²) < 4.78 is 7.39. The van der Waals surface area contributed by atoms with Gasteiger partial charge in [-0.05, 0) is 38.7 Å². The van der Waals surface area contributed by atoms with Crippen molar-refractivity contribution >= 4 is 5.78 Å². The Kier molecular flexibility index (Phi) is 5.35. The van der Waals surface area contributed by atoms with Gasteiger partial charge < -0.3 is 4.74 Å². The molecule has 0 aliphatic heterocycles. The third kappa shape index (κ3) is 3.69. The molecule has 1 atom stereocenters. The number of aromatic nitrogens is 2. The summed E-state index contributed by atoms with van der Waals surface area (Å²) in [5, 5.41) is 4.45. The molecule has 1 aromatic rings. The van der Waals surface area contributed by atoms with Crippen LogP contribution in [0.3, 0.4) is 0 Å². The number of hydrogen-bond donors (Lipinski definition) is 0. The lowest BCUT2D eigenvalue weighted by atomic mass is 9.83. The van der Waals surface area contributed by atoms with Gasteiger partial charge in [-0.25, -0.2) is 0 Å². The first-order valence-corrected chi connectivity index (χ1v) is 7.71. The van der Waals surface area contributed by atoms with Gasteiger partial charge in [0.05, 0.1) is 12.1 Å². The second-order valence-electron chi connectivity index (χ2n) is 6.08. The van der Waals surface area contributed by atoms with E-state index in [1.807, 2.05) is 16.9 Å². The van der Waals surface area contributed by atoms with E-state index in [1.165, 1.54) is 19.3 Å². The molecule has 1 aliphatic rings. The van der Waals surface area contributed by atoms with Crippen LogP contribution in [0.25, 0.3) is 0 Å². The average molecular weight is 278 g/mol. The van der Waals surface area contributed by atoms with Gasteiger partial charge in [-0.15, -0.1) is 0 Å². The van der Waals surface area contributed by atoms with Crippen molar-refractivity contribution in [2.45, 2.75) is 64.5 Å². The monoisotopic (exact) mass is 278 g/mol. The second-order valence-corrected chi connectivity index (χ2v) is 6.08. The van der Waals surface area contributed by atoms with E-state index in [9.17, 15) is 4.79 Å². The lowest BCUT2D eigenvalue weighted by Crippen LogP contribution is -2.34. The van der Waals surface area contributed by atoms with Crippen molar-refractivity contribution in [3.63, 3.8) is 0 Å². The molecule has 1 aromatic heterocycles. The molecule has 0 N–H and O–H groups in total. The maximum absolute atomic E-state index is 12.4. The highest BCUT2D eigenvalue weighted by molar-refractivity contribution is 5.85. The average Bonchev–Trinajstić information content (AvgIpc) is 2.89. The highest BCUT2D eigenvalue weighted by Gasteiger charge is 2.29. The molecule has 1 heterocycles. The van der Waals surface area contributed by atoms with Crippen LogP contribution in [-0.2, 0) is 16.0 Å². The largest absolute Gasteiger partial charge is 0.373 e. The minimum absolute atomic E-state index is 0.174. The number of ketones is 1. The Morgan fingerprint density at radius 1 is 1.40 bits per heavy atom. The van der Waals surface area contributed by atoms with Crippen molar-refractivity contribution in [2.24, 2.45) is 5.92 Å². The molecule has 0 amide bonds. The SMILES string of the molecule is COC(C(=O)Cc1ccn(C(C)C)n1)C1CCCCC1. The van der Waals surface area contributed by atoms with Crippen LogP contribution in [-0.4, -0.2) is 28.8 Å². The van der Waals surface area contributed by atoms with Crippen molar-refractivity contribution in [3.8, 4) is 0 Å². The van der Waals surface area contributed by atoms with Gasteiger partial charge in [-0.2, -0.15) is 5.10 Å². The quantitative estimate of drug-likeness (QED) is 0.802. The zero-order valence-corrected chi connectivity index (χ0v) is 12.8. The summed E-state index contributed by atoms with van der Waals surface area (Å²) in [4.78, 5) is 12.4. The molecule has 1 fully saturated rings. The molecule has 0 bridgehead atoms. The third-order valence-corrected chi connectivity index (χ3v) is 4.20. The fourth-order valence-electron chi connectivity index (χ4n) is 3.06. The third-order valence-electron chi connectivity index (χ3n) is 4.20. The lowest BCUT2D eigenvalue weighted by Gasteiger charge is -2.28. The number of nitrogens with zero attached hydrogens (tertiary/aromatic N) is 2. The molecule has 0 saturated heterocycles. The van der Waals surface area contributed by atoms with Gasteiger partial charge in [0.1, 0.15) is 6.10 Å². The van der Waals surface area contributed by atoms with Gasteiger partial charge in [0.2, 0.25) is 0 Å². The van der Waals surface area contributed by atoms with Crippen LogP contribution in [0.15, 0.2) is 12.3 Å². The van der Waals surface area contributed by atoms with Gasteiger partial charge in [0.15, 0.2) is 5.78 Å². The Balaban J connectivity index is 1.97. The summed E-state index contributed by atoms with van der Waals surface area (Å²) >= 11 is 0. The molecular weight excluding hydrogens is 252 g/mol. The molecule has 0 spiro atoms. The molecule has 1 aliphatic carbocycles. The normalized spacial score (nSPS) is 18.4. The second kappa shape index (κ2) is 7.02. The van der Waals surface area contributed by atoms with Gasteiger partial charge in [0, 0.05) is 19.3 Å². The van der Waals surface area contributed by atoms with Crippen molar-refractivity contribution in [2.75, 3.05) is 7.11 Å². The van der Waals surface area contributed by atoms with Crippen LogP contribution in [0.4, 0.5) is 0 Å². The van der Waals surface area contributed by atoms with Crippen LogP contribution in [0.2, 0.25) is 0 Å². The first-order chi connectivity index (χ1) is 9.61. The smallest absolute Gasteiger partial charge is 0.167 e. The van der Waals surface area contributed by atoms with E-state index in [0.29, 0.717) is 18.4 Å². The maximum atomic E-state index is 12.4. The number of carbonyl (C=O) groups is 1. The summed E-state index contributed by atoms with van der Waals surface area (Å²) in [5.41, 5.74) is 0.849. The molecule has 20 heavy (non-hydrogen) atoms. The van der Waals surface area contributed by atoms with Gasteiger partial charge >= 0.3 is 0 Å². The summed E-state index contributed by atoms with van der Waals surface area (Å²) in [7, 11) is 1.66. The summed E-state index contributed by atoms with van der Waals surface area (Å²) in [6, 6.07) is 2.27. The lowest BCUT2D eigenvalue weighted by molar-refractivity contribution is -0.132. The standard InChI is InChI=1S/C16H26N2O2/c1-12(2)18-10-9-14(17-18)11-15(19)16(20-3)13-7-5-4-6-8-13/h9-10,12-13,16H,4-8,11H2,1-3H3. The Bertz CT molecular complexity index is 433. The van der Waals surface area contributed by atoms with E-state index < -0.39 is 0 Å². The minimum atomic E-state index is -0.250.